The van der Waals surface area contributed by atoms with Crippen molar-refractivity contribution in [3.05, 3.63) is 35.1 Å². The van der Waals surface area contributed by atoms with Crippen LogP contribution in [0.2, 0.25) is 5.02 Å². The number of ether oxygens (including phenoxy) is 1. The van der Waals surface area contributed by atoms with Crippen molar-refractivity contribution in [3.8, 4) is 5.75 Å². The number of methoxy groups -OCH3 is 1. The number of nitrogens with zero attached hydrogens (tertiary/aromatic N) is 4. The quantitative estimate of drug-likeness (QED) is 0.636. The van der Waals surface area contributed by atoms with E-state index in [2.05, 4.69) is 39.5 Å². The Kier molecular flexibility index (Phi) is 5.46. The van der Waals surface area contributed by atoms with Crippen molar-refractivity contribution in [2.24, 2.45) is 0 Å². The zero-order chi connectivity index (χ0) is 18.7. The molecule has 3 aromatic rings. The van der Waals surface area contributed by atoms with Gasteiger partial charge in [0.15, 0.2) is 0 Å². The van der Waals surface area contributed by atoms with Gasteiger partial charge in [-0.2, -0.15) is 19.6 Å². The summed E-state index contributed by atoms with van der Waals surface area (Å²) in [5, 5.41) is 11.7. The van der Waals surface area contributed by atoms with Crippen LogP contribution in [0.1, 0.15) is 32.3 Å². The summed E-state index contributed by atoms with van der Waals surface area (Å²) in [6, 6.07) is 5.83. The van der Waals surface area contributed by atoms with E-state index in [-0.39, 0.29) is 0 Å². The van der Waals surface area contributed by atoms with E-state index in [1.54, 1.807) is 17.7 Å². The van der Waals surface area contributed by atoms with Crippen molar-refractivity contribution < 1.29 is 4.74 Å². The molecule has 138 valence electrons. The maximum absolute atomic E-state index is 6.36. The van der Waals surface area contributed by atoms with E-state index >= 15 is 0 Å². The summed E-state index contributed by atoms with van der Waals surface area (Å²) in [6.45, 7) is 6.32. The molecule has 1 aromatic carbocycles. The fraction of sp³-hybridized carbons (Fsp3) is 0.389. The fourth-order valence-electron chi connectivity index (χ4n) is 2.75. The molecule has 0 spiro atoms. The number of rotatable bonds is 7. The number of anilines is 3. The first-order valence-electron chi connectivity index (χ1n) is 8.64. The van der Waals surface area contributed by atoms with Crippen LogP contribution in [0.3, 0.4) is 0 Å². The maximum Gasteiger partial charge on any atom is 0.256 e. The van der Waals surface area contributed by atoms with Gasteiger partial charge in [-0.1, -0.05) is 25.4 Å². The molecular weight excluding hydrogens is 352 g/mol. The van der Waals surface area contributed by atoms with Crippen LogP contribution in [0.25, 0.3) is 5.78 Å². The van der Waals surface area contributed by atoms with Crippen LogP contribution in [0.5, 0.6) is 5.75 Å². The molecule has 0 bridgehead atoms. The van der Waals surface area contributed by atoms with Crippen molar-refractivity contribution in [3.63, 3.8) is 0 Å². The summed E-state index contributed by atoms with van der Waals surface area (Å²) < 4.78 is 6.93. The number of fused-ring (bicyclic) bond motifs is 1. The van der Waals surface area contributed by atoms with Crippen LogP contribution in [0, 0.1) is 6.92 Å². The molecule has 0 aliphatic rings. The molecule has 3 rings (SSSR count). The molecule has 2 N–H and O–H groups in total. The Balaban J connectivity index is 2.02. The average Bonchev–Trinajstić information content (AvgIpc) is 3.11. The third-order valence-corrected chi connectivity index (χ3v) is 4.73. The van der Waals surface area contributed by atoms with E-state index in [1.807, 2.05) is 19.1 Å². The summed E-state index contributed by atoms with van der Waals surface area (Å²) >= 11 is 6.36. The number of hydrogen-bond donors (Lipinski definition) is 2. The van der Waals surface area contributed by atoms with Crippen LogP contribution < -0.4 is 15.4 Å². The molecule has 7 nitrogen and oxygen atoms in total. The van der Waals surface area contributed by atoms with Crippen molar-refractivity contribution in [2.45, 2.75) is 39.7 Å². The summed E-state index contributed by atoms with van der Waals surface area (Å²) in [4.78, 5) is 8.82. The van der Waals surface area contributed by atoms with Gasteiger partial charge in [0.25, 0.3) is 5.78 Å². The molecule has 0 radical (unpaired) electrons. The molecule has 0 saturated heterocycles. The molecule has 0 saturated carbocycles. The minimum absolute atomic E-state index is 0.348. The number of aromatic nitrogens is 4. The number of nitrogens with one attached hydrogen (secondary N) is 2. The van der Waals surface area contributed by atoms with Gasteiger partial charge in [-0.25, -0.2) is 0 Å². The standard InChI is InChI=1S/C18H23ClN6O/c1-5-12(6-2)22-17-11(3)16(24-18-20-10-21-25(17)18)23-15-8-7-13(26-4)9-14(15)19/h7-10,12,22H,5-6H2,1-4H3,(H,20,21,23,24). The first kappa shape index (κ1) is 18.3. The van der Waals surface area contributed by atoms with Gasteiger partial charge in [-0.05, 0) is 31.9 Å². The lowest BCUT2D eigenvalue weighted by Crippen LogP contribution is -2.21. The molecule has 26 heavy (non-hydrogen) atoms. The monoisotopic (exact) mass is 374 g/mol. The summed E-state index contributed by atoms with van der Waals surface area (Å²) in [6.07, 6.45) is 3.53. The fourth-order valence-corrected chi connectivity index (χ4v) is 2.97. The third-order valence-electron chi connectivity index (χ3n) is 4.42. The molecular formula is C18H23ClN6O. The Morgan fingerprint density at radius 1 is 1.27 bits per heavy atom. The van der Waals surface area contributed by atoms with Crippen LogP contribution in [-0.2, 0) is 0 Å². The Labute approximate surface area is 157 Å². The average molecular weight is 375 g/mol. The van der Waals surface area contributed by atoms with Crippen LogP contribution in [0.4, 0.5) is 17.3 Å². The van der Waals surface area contributed by atoms with Crippen LogP contribution >= 0.6 is 11.6 Å². The zero-order valence-electron chi connectivity index (χ0n) is 15.4. The predicted molar refractivity (Wildman–Crippen MR) is 105 cm³/mol. The Morgan fingerprint density at radius 2 is 2.04 bits per heavy atom. The first-order valence-corrected chi connectivity index (χ1v) is 9.02. The highest BCUT2D eigenvalue weighted by Gasteiger charge is 2.16. The highest BCUT2D eigenvalue weighted by Crippen LogP contribution is 2.31. The molecule has 8 heteroatoms. The van der Waals surface area contributed by atoms with Gasteiger partial charge in [0, 0.05) is 17.7 Å². The summed E-state index contributed by atoms with van der Waals surface area (Å²) in [5.41, 5.74) is 1.70. The van der Waals surface area contributed by atoms with Gasteiger partial charge in [0.2, 0.25) is 0 Å². The van der Waals surface area contributed by atoms with Crippen molar-refractivity contribution in [1.29, 1.82) is 0 Å². The Hall–Kier alpha value is -2.54. The van der Waals surface area contributed by atoms with Gasteiger partial charge in [0.1, 0.15) is 23.7 Å². The van der Waals surface area contributed by atoms with Crippen LogP contribution in [-0.4, -0.2) is 32.7 Å². The topological polar surface area (TPSA) is 76.4 Å². The predicted octanol–water partition coefficient (Wildman–Crippen LogP) is 4.44. The molecule has 0 fully saturated rings. The van der Waals surface area contributed by atoms with Gasteiger partial charge in [-0.15, -0.1) is 0 Å². The normalized spacial score (nSPS) is 11.2. The van der Waals surface area contributed by atoms with E-state index in [1.165, 1.54) is 6.33 Å². The van der Waals surface area contributed by atoms with E-state index in [0.29, 0.717) is 28.4 Å². The van der Waals surface area contributed by atoms with Gasteiger partial charge in [-0.3, -0.25) is 0 Å². The molecule has 2 aromatic heterocycles. The van der Waals surface area contributed by atoms with E-state index < -0.39 is 0 Å². The molecule has 0 atom stereocenters. The second-order valence-corrected chi connectivity index (χ2v) is 6.44. The van der Waals surface area contributed by atoms with Crippen LogP contribution in [0.15, 0.2) is 24.5 Å². The molecule has 2 heterocycles. The van der Waals surface area contributed by atoms with Crippen molar-refractivity contribution >= 4 is 34.7 Å². The summed E-state index contributed by atoms with van der Waals surface area (Å²) in [5.74, 6) is 2.80. The maximum atomic E-state index is 6.36. The van der Waals surface area contributed by atoms with Gasteiger partial charge >= 0.3 is 0 Å². The molecule has 0 amide bonds. The zero-order valence-corrected chi connectivity index (χ0v) is 16.1. The molecule has 0 aliphatic carbocycles. The lowest BCUT2D eigenvalue weighted by molar-refractivity contribution is 0.415. The summed E-state index contributed by atoms with van der Waals surface area (Å²) in [7, 11) is 1.61. The SMILES string of the molecule is CCC(CC)Nc1c(C)c(Nc2ccc(OC)cc2Cl)nc2ncnn12. The second kappa shape index (κ2) is 7.78. The van der Waals surface area contributed by atoms with Crippen molar-refractivity contribution in [2.75, 3.05) is 17.7 Å². The van der Waals surface area contributed by atoms with Crippen molar-refractivity contribution in [1.82, 2.24) is 19.6 Å². The number of benzene rings is 1. The lowest BCUT2D eigenvalue weighted by atomic mass is 10.1. The minimum atomic E-state index is 0.348. The highest BCUT2D eigenvalue weighted by molar-refractivity contribution is 6.33. The number of hydrogen-bond acceptors (Lipinski definition) is 6. The minimum Gasteiger partial charge on any atom is -0.497 e. The first-order chi connectivity index (χ1) is 12.6. The Morgan fingerprint density at radius 3 is 2.69 bits per heavy atom. The molecule has 0 unspecified atom stereocenters. The van der Waals surface area contributed by atoms with Gasteiger partial charge in [0.05, 0.1) is 17.8 Å². The highest BCUT2D eigenvalue weighted by atomic mass is 35.5. The van der Waals surface area contributed by atoms with Gasteiger partial charge < -0.3 is 15.4 Å². The second-order valence-electron chi connectivity index (χ2n) is 6.03. The Bertz CT molecular complexity index is 906. The van der Waals surface area contributed by atoms with E-state index in [9.17, 15) is 0 Å². The molecule has 0 aliphatic heterocycles. The van der Waals surface area contributed by atoms with E-state index in [0.717, 1.165) is 29.9 Å². The van der Waals surface area contributed by atoms with E-state index in [4.69, 9.17) is 16.3 Å². The lowest BCUT2D eigenvalue weighted by Gasteiger charge is -2.20. The largest absolute Gasteiger partial charge is 0.497 e. The third kappa shape index (κ3) is 3.53. The smallest absolute Gasteiger partial charge is 0.256 e. The number of halogens is 1.